The first-order chi connectivity index (χ1) is 13.7. The third kappa shape index (κ3) is 5.76. The van der Waals surface area contributed by atoms with E-state index in [1.54, 1.807) is 53.9 Å². The van der Waals surface area contributed by atoms with Crippen molar-refractivity contribution in [2.24, 2.45) is 0 Å². The molecule has 0 saturated heterocycles. The fourth-order valence-electron chi connectivity index (χ4n) is 2.91. The van der Waals surface area contributed by atoms with E-state index in [1.165, 1.54) is 9.75 Å². The molecule has 0 radical (unpaired) electrons. The van der Waals surface area contributed by atoms with E-state index in [0.717, 1.165) is 18.0 Å². The largest absolute Gasteiger partial charge is 0.462 e. The summed E-state index contributed by atoms with van der Waals surface area (Å²) in [6.07, 6.45) is 0. The summed E-state index contributed by atoms with van der Waals surface area (Å²) in [4.78, 5) is 28.5. The average molecular weight is 416 g/mol. The number of esters is 1. The predicted molar refractivity (Wildman–Crippen MR) is 113 cm³/mol. The molecule has 0 atom stereocenters. The molecule has 0 aliphatic heterocycles. The van der Waals surface area contributed by atoms with Gasteiger partial charge in [-0.25, -0.2) is 4.79 Å². The van der Waals surface area contributed by atoms with Crippen molar-refractivity contribution in [3.8, 4) is 0 Å². The third-order valence-electron chi connectivity index (χ3n) is 4.12. The van der Waals surface area contributed by atoms with Gasteiger partial charge >= 0.3 is 5.97 Å². The van der Waals surface area contributed by atoms with Crippen LogP contribution in [-0.4, -0.2) is 25.0 Å². The molecule has 3 aromatic rings. The Kier molecular flexibility index (Phi) is 7.36. The van der Waals surface area contributed by atoms with Crippen molar-refractivity contribution < 1.29 is 19.2 Å². The first kappa shape index (κ1) is 20.3. The SMILES string of the molecule is CCOC(=O)c1ccccc1NC(=O)C[NH+](Cc1cccs1)Cc1cccs1. The molecule has 0 fully saturated rings. The summed E-state index contributed by atoms with van der Waals surface area (Å²) in [5, 5.41) is 6.98. The van der Waals surface area contributed by atoms with E-state index in [0.29, 0.717) is 24.4 Å². The summed E-state index contributed by atoms with van der Waals surface area (Å²) in [5.74, 6) is -0.556. The summed E-state index contributed by atoms with van der Waals surface area (Å²) in [5.41, 5.74) is 0.855. The van der Waals surface area contributed by atoms with Crippen LogP contribution in [0.3, 0.4) is 0 Å². The quantitative estimate of drug-likeness (QED) is 0.528. The van der Waals surface area contributed by atoms with Gasteiger partial charge in [0.2, 0.25) is 0 Å². The van der Waals surface area contributed by atoms with Gasteiger partial charge in [-0.2, -0.15) is 0 Å². The lowest BCUT2D eigenvalue weighted by atomic mass is 10.2. The van der Waals surface area contributed by atoms with Gasteiger partial charge in [-0.3, -0.25) is 4.79 Å². The number of carbonyl (C=O) groups excluding carboxylic acids is 2. The Morgan fingerprint density at radius 3 is 2.18 bits per heavy atom. The Morgan fingerprint density at radius 2 is 1.61 bits per heavy atom. The first-order valence-electron chi connectivity index (χ1n) is 9.10. The monoisotopic (exact) mass is 415 g/mol. The standard InChI is InChI=1S/C21H22N2O3S2/c1-2-26-21(25)18-9-3-4-10-19(18)22-20(24)15-23(13-16-7-5-11-27-16)14-17-8-6-12-28-17/h3-12H,2,13-15H2,1H3,(H,22,24)/p+1. The van der Waals surface area contributed by atoms with Crippen LogP contribution >= 0.6 is 22.7 Å². The maximum atomic E-state index is 12.7. The van der Waals surface area contributed by atoms with Gasteiger partial charge in [-0.1, -0.05) is 24.3 Å². The molecule has 146 valence electrons. The number of nitrogens with one attached hydrogen (secondary N) is 2. The molecule has 0 aliphatic rings. The van der Waals surface area contributed by atoms with Gasteiger partial charge in [0.1, 0.15) is 13.1 Å². The number of anilines is 1. The number of rotatable bonds is 9. The number of hydrogen-bond donors (Lipinski definition) is 2. The molecular weight excluding hydrogens is 392 g/mol. The lowest BCUT2D eigenvalue weighted by Crippen LogP contribution is -3.10. The van der Waals surface area contributed by atoms with Gasteiger partial charge < -0.3 is 15.0 Å². The van der Waals surface area contributed by atoms with Crippen LogP contribution in [-0.2, 0) is 22.6 Å². The van der Waals surface area contributed by atoms with Gasteiger partial charge in [0, 0.05) is 0 Å². The molecule has 28 heavy (non-hydrogen) atoms. The lowest BCUT2D eigenvalue weighted by Gasteiger charge is -2.18. The highest BCUT2D eigenvalue weighted by Crippen LogP contribution is 2.16. The highest BCUT2D eigenvalue weighted by molar-refractivity contribution is 7.10. The van der Waals surface area contributed by atoms with Gasteiger partial charge in [-0.05, 0) is 41.9 Å². The normalized spacial score (nSPS) is 10.8. The Morgan fingerprint density at radius 1 is 0.964 bits per heavy atom. The highest BCUT2D eigenvalue weighted by atomic mass is 32.1. The Hall–Kier alpha value is -2.48. The molecule has 0 saturated carbocycles. The molecule has 2 aromatic heterocycles. The number of hydrogen-bond acceptors (Lipinski definition) is 5. The average Bonchev–Trinajstić information content (AvgIpc) is 3.36. The number of quaternary nitrogens is 1. The van der Waals surface area contributed by atoms with E-state index < -0.39 is 5.97 Å². The molecule has 3 rings (SSSR count). The minimum atomic E-state index is -0.431. The molecule has 7 heteroatoms. The molecular formula is C21H23N2O3S2+. The van der Waals surface area contributed by atoms with Crippen LogP contribution in [0.1, 0.15) is 27.0 Å². The van der Waals surface area contributed by atoms with Crippen LogP contribution in [0.4, 0.5) is 5.69 Å². The topological polar surface area (TPSA) is 59.8 Å². The van der Waals surface area contributed by atoms with E-state index in [4.69, 9.17) is 4.74 Å². The van der Waals surface area contributed by atoms with Crippen LogP contribution < -0.4 is 10.2 Å². The molecule has 0 aliphatic carbocycles. The molecule has 0 spiro atoms. The van der Waals surface area contributed by atoms with Crippen molar-refractivity contribution in [1.29, 1.82) is 0 Å². The van der Waals surface area contributed by atoms with E-state index in [9.17, 15) is 9.59 Å². The summed E-state index contributed by atoms with van der Waals surface area (Å²) in [6, 6.07) is 15.2. The molecule has 5 nitrogen and oxygen atoms in total. The van der Waals surface area contributed by atoms with Gasteiger partial charge in [0.15, 0.2) is 6.54 Å². The molecule has 1 amide bonds. The molecule has 2 N–H and O–H groups in total. The van der Waals surface area contributed by atoms with Gasteiger partial charge in [-0.15, -0.1) is 22.7 Å². The molecule has 0 unspecified atom stereocenters. The van der Waals surface area contributed by atoms with E-state index in [1.807, 2.05) is 22.9 Å². The fourth-order valence-corrected chi connectivity index (χ4v) is 4.46. The summed E-state index contributed by atoms with van der Waals surface area (Å²) < 4.78 is 5.08. The highest BCUT2D eigenvalue weighted by Gasteiger charge is 2.19. The van der Waals surface area contributed by atoms with Crippen LogP contribution in [0.25, 0.3) is 0 Å². The second-order valence-corrected chi connectivity index (χ2v) is 8.32. The number of ether oxygens (including phenoxy) is 1. The number of para-hydroxylation sites is 1. The van der Waals surface area contributed by atoms with Crippen molar-refractivity contribution in [3.05, 3.63) is 74.6 Å². The third-order valence-corrected chi connectivity index (χ3v) is 5.87. The molecule has 0 bridgehead atoms. The van der Waals surface area contributed by atoms with Crippen molar-refractivity contribution in [2.45, 2.75) is 20.0 Å². The van der Waals surface area contributed by atoms with E-state index in [-0.39, 0.29) is 5.91 Å². The predicted octanol–water partition coefficient (Wildman–Crippen LogP) is 3.21. The first-order valence-corrected chi connectivity index (χ1v) is 10.9. The minimum Gasteiger partial charge on any atom is -0.462 e. The van der Waals surface area contributed by atoms with Crippen LogP contribution in [0.2, 0.25) is 0 Å². The van der Waals surface area contributed by atoms with Gasteiger partial charge in [0.05, 0.1) is 27.6 Å². The number of carbonyl (C=O) groups is 2. The second kappa shape index (κ2) is 10.2. The van der Waals surface area contributed by atoms with Crippen molar-refractivity contribution in [3.63, 3.8) is 0 Å². The number of thiophene rings is 2. The van der Waals surface area contributed by atoms with Crippen LogP contribution in [0.15, 0.2) is 59.3 Å². The Bertz CT molecular complexity index is 856. The van der Waals surface area contributed by atoms with Crippen molar-refractivity contribution >= 4 is 40.2 Å². The van der Waals surface area contributed by atoms with Gasteiger partial charge in [0.25, 0.3) is 5.91 Å². The molecule has 2 heterocycles. The maximum Gasteiger partial charge on any atom is 0.340 e. The number of amides is 1. The maximum absolute atomic E-state index is 12.7. The zero-order valence-corrected chi connectivity index (χ0v) is 17.3. The lowest BCUT2D eigenvalue weighted by molar-refractivity contribution is -0.918. The summed E-state index contributed by atoms with van der Waals surface area (Å²) in [6.45, 7) is 3.92. The van der Waals surface area contributed by atoms with Crippen LogP contribution in [0.5, 0.6) is 0 Å². The van der Waals surface area contributed by atoms with Crippen molar-refractivity contribution in [2.75, 3.05) is 18.5 Å². The van der Waals surface area contributed by atoms with Crippen molar-refractivity contribution in [1.82, 2.24) is 0 Å². The second-order valence-electron chi connectivity index (χ2n) is 6.25. The van der Waals surface area contributed by atoms with E-state index in [2.05, 4.69) is 17.4 Å². The smallest absolute Gasteiger partial charge is 0.340 e. The summed E-state index contributed by atoms with van der Waals surface area (Å²) in [7, 11) is 0. The zero-order chi connectivity index (χ0) is 19.8. The minimum absolute atomic E-state index is 0.125. The fraction of sp³-hybridized carbons (Fsp3) is 0.238. The van der Waals surface area contributed by atoms with Crippen LogP contribution in [0, 0.1) is 0 Å². The Labute approximate surface area is 172 Å². The van der Waals surface area contributed by atoms with E-state index >= 15 is 0 Å². The summed E-state index contributed by atoms with van der Waals surface area (Å²) >= 11 is 3.39. The zero-order valence-electron chi connectivity index (χ0n) is 15.6. The molecule has 1 aromatic carbocycles. The Balaban J connectivity index is 1.69. The number of benzene rings is 1.